The van der Waals surface area contributed by atoms with E-state index in [4.69, 9.17) is 0 Å². The second-order valence-electron chi connectivity index (χ2n) is 13.4. The molecule has 0 aliphatic carbocycles. The fourth-order valence-electron chi connectivity index (χ4n) is 6.28. The quantitative estimate of drug-likeness (QED) is 0.0837. The van der Waals surface area contributed by atoms with Crippen LogP contribution in [0, 0.1) is 0 Å². The van der Waals surface area contributed by atoms with Gasteiger partial charge in [0.25, 0.3) is 11.8 Å². The molecular formula is C47H46N4O4P2. The van der Waals surface area contributed by atoms with E-state index in [1.807, 2.05) is 109 Å². The lowest BCUT2D eigenvalue weighted by Crippen LogP contribution is -2.46. The van der Waals surface area contributed by atoms with Crippen molar-refractivity contribution >= 4 is 71.3 Å². The van der Waals surface area contributed by atoms with Gasteiger partial charge in [-0.2, -0.15) is 0 Å². The molecule has 288 valence electrons. The highest BCUT2D eigenvalue weighted by Crippen LogP contribution is 2.34. The number of hydrogen-bond acceptors (Lipinski definition) is 4. The third-order valence-corrected chi connectivity index (χ3v) is 14.1. The van der Waals surface area contributed by atoms with Gasteiger partial charge in [-0.1, -0.05) is 146 Å². The van der Waals surface area contributed by atoms with Gasteiger partial charge in [0.1, 0.15) is 12.1 Å². The molecule has 0 radical (unpaired) electrons. The highest BCUT2D eigenvalue weighted by atomic mass is 31.1. The summed E-state index contributed by atoms with van der Waals surface area (Å²) in [5.41, 5.74) is 0.958. The van der Waals surface area contributed by atoms with Gasteiger partial charge in [-0.3, -0.25) is 19.2 Å². The first-order valence-electron chi connectivity index (χ1n) is 19.0. The number of hydrogen-bond donors (Lipinski definition) is 4. The number of amides is 4. The molecule has 8 nitrogen and oxygen atoms in total. The van der Waals surface area contributed by atoms with E-state index in [1.54, 1.807) is 26.0 Å². The maximum absolute atomic E-state index is 13.3. The third kappa shape index (κ3) is 11.1. The van der Waals surface area contributed by atoms with Crippen LogP contribution in [0.5, 0.6) is 0 Å². The van der Waals surface area contributed by atoms with Gasteiger partial charge in [-0.25, -0.2) is 0 Å². The first kappa shape index (κ1) is 40.7. The van der Waals surface area contributed by atoms with Crippen molar-refractivity contribution in [1.29, 1.82) is 0 Å². The maximum atomic E-state index is 13.3. The molecule has 4 N–H and O–H groups in total. The van der Waals surface area contributed by atoms with Gasteiger partial charge >= 0.3 is 0 Å². The van der Waals surface area contributed by atoms with Gasteiger partial charge in [0.05, 0.1) is 0 Å². The Morgan fingerprint density at radius 2 is 0.719 bits per heavy atom. The molecule has 6 aromatic rings. The normalized spacial score (nSPS) is 12.0. The van der Waals surface area contributed by atoms with E-state index >= 15 is 0 Å². The summed E-state index contributed by atoms with van der Waals surface area (Å²) < 4.78 is 0. The van der Waals surface area contributed by atoms with Gasteiger partial charge in [0.15, 0.2) is 0 Å². The van der Waals surface area contributed by atoms with Crippen LogP contribution in [0.3, 0.4) is 0 Å². The number of nitrogens with one attached hydrogen (secondary N) is 4. The summed E-state index contributed by atoms with van der Waals surface area (Å²) in [6.07, 6.45) is 0.466. The molecule has 10 heteroatoms. The summed E-state index contributed by atoms with van der Waals surface area (Å²) in [6.45, 7) is 3.88. The van der Waals surface area contributed by atoms with Crippen molar-refractivity contribution in [2.24, 2.45) is 0 Å². The molecule has 0 saturated carbocycles. The van der Waals surface area contributed by atoms with Crippen molar-refractivity contribution in [1.82, 2.24) is 21.3 Å². The highest BCUT2D eigenvalue weighted by molar-refractivity contribution is 7.80. The van der Waals surface area contributed by atoms with Gasteiger partial charge in [0.2, 0.25) is 11.8 Å². The number of carbonyl (C=O) groups is 4. The Morgan fingerprint density at radius 1 is 0.421 bits per heavy atom. The summed E-state index contributed by atoms with van der Waals surface area (Å²) in [5, 5.41) is 18.1. The number of carbonyl (C=O) groups excluding carboxylic acids is 4. The lowest BCUT2D eigenvalue weighted by Gasteiger charge is -2.20. The second-order valence-corrected chi connectivity index (χ2v) is 17.9. The first-order chi connectivity index (χ1) is 27.8. The van der Waals surface area contributed by atoms with Crippen molar-refractivity contribution in [3.63, 3.8) is 0 Å². The Kier molecular flexibility index (Phi) is 14.5. The van der Waals surface area contributed by atoms with Crippen LogP contribution < -0.4 is 53.1 Å². The summed E-state index contributed by atoms with van der Waals surface area (Å²) >= 11 is 0. The van der Waals surface area contributed by atoms with Crippen molar-refractivity contribution < 1.29 is 19.2 Å². The summed E-state index contributed by atoms with van der Waals surface area (Å²) in [6, 6.07) is 54.6. The van der Waals surface area contributed by atoms with Crippen LogP contribution in [0.4, 0.5) is 0 Å². The molecule has 0 saturated heterocycles. The monoisotopic (exact) mass is 792 g/mol. The fraction of sp³-hybridized carbons (Fsp3) is 0.149. The SMILES string of the molecule is C[C@H](NC(=O)c1cccc(P(c2ccccc2)c2ccccc2)c1)C(=O)NCCCNC(=O)[C@H](C)NC(=O)c1cccc(P(c2ccccc2)c2ccccc2)c1. The van der Waals surface area contributed by atoms with E-state index in [-0.39, 0.29) is 23.6 Å². The van der Waals surface area contributed by atoms with Gasteiger partial charge < -0.3 is 21.3 Å². The molecule has 0 bridgehead atoms. The average Bonchev–Trinajstić information content (AvgIpc) is 3.25. The smallest absolute Gasteiger partial charge is 0.251 e. The molecule has 2 atom stereocenters. The Labute approximate surface area is 337 Å². The number of benzene rings is 6. The van der Waals surface area contributed by atoms with E-state index in [2.05, 4.69) is 69.8 Å². The zero-order valence-corrected chi connectivity index (χ0v) is 33.8. The Morgan fingerprint density at radius 3 is 1.04 bits per heavy atom. The summed E-state index contributed by atoms with van der Waals surface area (Å²) in [7, 11) is -1.77. The Balaban J connectivity index is 0.957. The molecule has 4 amide bonds. The minimum atomic E-state index is -0.884. The summed E-state index contributed by atoms with van der Waals surface area (Å²) in [4.78, 5) is 52.4. The van der Waals surface area contributed by atoms with Crippen LogP contribution >= 0.6 is 15.8 Å². The van der Waals surface area contributed by atoms with Crippen LogP contribution in [-0.2, 0) is 9.59 Å². The van der Waals surface area contributed by atoms with E-state index in [1.165, 1.54) is 21.2 Å². The molecule has 0 aliphatic rings. The van der Waals surface area contributed by atoms with Gasteiger partial charge in [0, 0.05) is 24.2 Å². The molecular weight excluding hydrogens is 746 g/mol. The number of rotatable bonds is 16. The molecule has 0 heterocycles. The van der Waals surface area contributed by atoms with Crippen molar-refractivity contribution in [2.75, 3.05) is 13.1 Å². The van der Waals surface area contributed by atoms with E-state index < -0.39 is 27.9 Å². The predicted molar refractivity (Wildman–Crippen MR) is 235 cm³/mol. The Hall–Kier alpha value is -5.94. The fourth-order valence-corrected chi connectivity index (χ4v) is 11.0. The van der Waals surface area contributed by atoms with Crippen LogP contribution in [0.1, 0.15) is 41.0 Å². The summed E-state index contributed by atoms with van der Waals surface area (Å²) in [5.74, 6) is -1.32. The van der Waals surface area contributed by atoms with Crippen LogP contribution in [0.15, 0.2) is 170 Å². The lowest BCUT2D eigenvalue weighted by molar-refractivity contribution is -0.122. The minimum Gasteiger partial charge on any atom is -0.354 e. The van der Waals surface area contributed by atoms with Crippen molar-refractivity contribution in [2.45, 2.75) is 32.4 Å². The highest BCUT2D eigenvalue weighted by Gasteiger charge is 2.22. The largest absolute Gasteiger partial charge is 0.354 e. The molecule has 0 fully saturated rings. The predicted octanol–water partition coefficient (Wildman–Crippen LogP) is 4.76. The third-order valence-electron chi connectivity index (χ3n) is 9.22. The first-order valence-corrected chi connectivity index (χ1v) is 21.6. The van der Waals surface area contributed by atoms with Crippen LogP contribution in [0.25, 0.3) is 0 Å². The maximum Gasteiger partial charge on any atom is 0.251 e. The lowest BCUT2D eigenvalue weighted by atomic mass is 10.2. The van der Waals surface area contributed by atoms with E-state index in [9.17, 15) is 19.2 Å². The molecule has 57 heavy (non-hydrogen) atoms. The van der Waals surface area contributed by atoms with E-state index in [0.717, 1.165) is 10.6 Å². The molecule has 0 unspecified atom stereocenters. The molecule has 6 aromatic carbocycles. The zero-order chi connectivity index (χ0) is 40.0. The molecule has 0 spiro atoms. The van der Waals surface area contributed by atoms with Crippen molar-refractivity contribution in [3.8, 4) is 0 Å². The molecule has 0 aromatic heterocycles. The average molecular weight is 793 g/mol. The zero-order valence-electron chi connectivity index (χ0n) is 32.0. The molecule has 6 rings (SSSR count). The van der Waals surface area contributed by atoms with Crippen molar-refractivity contribution in [3.05, 3.63) is 181 Å². The van der Waals surface area contributed by atoms with Gasteiger partial charge in [-0.15, -0.1) is 0 Å². The standard InChI is InChI=1S/C47H46N4O4P2/c1-34(50-46(54)36-18-15-28-42(32-36)56(38-20-7-3-8-21-38)39-22-9-4-10-23-39)44(52)48-30-17-31-49-45(53)35(2)51-47(55)37-19-16-29-43(33-37)57(40-24-11-5-12-25-40)41-26-13-6-14-27-41/h3-16,18-29,32-35H,17,30-31H2,1-2H3,(H,48,52)(H,49,53)(H,50,54)(H,51,55)/t34-,35-/m0/s1. The topological polar surface area (TPSA) is 116 Å². The van der Waals surface area contributed by atoms with E-state index in [0.29, 0.717) is 30.6 Å². The van der Waals surface area contributed by atoms with Crippen LogP contribution in [0.2, 0.25) is 0 Å². The second kappa shape index (κ2) is 20.3. The minimum absolute atomic E-state index is 0.298. The Bertz CT molecular complexity index is 2020. The van der Waals surface area contributed by atoms with Gasteiger partial charge in [-0.05, 0) is 92.2 Å². The molecule has 0 aliphatic heterocycles. The van der Waals surface area contributed by atoms with Crippen LogP contribution in [-0.4, -0.2) is 48.8 Å².